The number of aryl methyl sites for hydroxylation is 2. The van der Waals surface area contributed by atoms with Crippen LogP contribution in [0.1, 0.15) is 37.3 Å². The van der Waals surface area contributed by atoms with Gasteiger partial charge in [-0.05, 0) is 38.3 Å². The Morgan fingerprint density at radius 1 is 1.32 bits per heavy atom. The second-order valence-corrected chi connectivity index (χ2v) is 6.91. The number of likely N-dealkylation sites (N-methyl/N-ethyl adjacent to an activating group) is 1. The highest BCUT2D eigenvalue weighted by molar-refractivity contribution is 5.99. The van der Waals surface area contributed by atoms with Crippen molar-refractivity contribution in [3.05, 3.63) is 34.7 Å². The van der Waals surface area contributed by atoms with Crippen LogP contribution in [0.25, 0.3) is 4.85 Å². The first-order valence-corrected chi connectivity index (χ1v) is 7.90. The van der Waals surface area contributed by atoms with Crippen LogP contribution in [0.15, 0.2) is 12.1 Å². The molecule has 0 spiro atoms. The van der Waals surface area contributed by atoms with E-state index >= 15 is 0 Å². The van der Waals surface area contributed by atoms with Gasteiger partial charge in [0.05, 0.1) is 27.2 Å². The van der Waals surface area contributed by atoms with Crippen molar-refractivity contribution in [2.75, 3.05) is 26.0 Å². The van der Waals surface area contributed by atoms with E-state index in [4.69, 9.17) is 6.57 Å². The predicted molar refractivity (Wildman–Crippen MR) is 90.0 cm³/mol. The molecule has 0 aromatic heterocycles. The van der Waals surface area contributed by atoms with E-state index in [0.717, 1.165) is 47.1 Å². The molecular formula is C18H26N3O+. The van der Waals surface area contributed by atoms with Crippen LogP contribution in [0.3, 0.4) is 0 Å². The van der Waals surface area contributed by atoms with Gasteiger partial charge in [0.25, 0.3) is 5.91 Å². The van der Waals surface area contributed by atoms with E-state index in [-0.39, 0.29) is 11.4 Å². The van der Waals surface area contributed by atoms with Gasteiger partial charge in [-0.2, -0.15) is 0 Å². The number of anilines is 1. The minimum absolute atomic E-state index is 0.118. The SMILES string of the molecule is [C-]#[N+]c1cc(C)c(NC(=O)C2([N+](C)(C)CC)CCC2)c(C)c1. The minimum Gasteiger partial charge on any atom is -0.320 e. The third-order valence-corrected chi connectivity index (χ3v) is 5.44. The molecule has 0 aliphatic heterocycles. The molecule has 22 heavy (non-hydrogen) atoms. The van der Waals surface area contributed by atoms with Crippen LogP contribution < -0.4 is 5.32 Å². The fourth-order valence-corrected chi connectivity index (χ4v) is 3.35. The number of rotatable bonds is 4. The van der Waals surface area contributed by atoms with Crippen LogP contribution in [0.5, 0.6) is 0 Å². The standard InChI is InChI=1S/C18H25N3O/c1-7-21(5,6)18(9-8-10-18)17(22)20-16-13(2)11-15(19-4)12-14(16)3/h11-12H,7-10H2,1-3,5-6H3/p+1. The smallest absolute Gasteiger partial charge is 0.285 e. The van der Waals surface area contributed by atoms with E-state index in [2.05, 4.69) is 31.2 Å². The lowest BCUT2D eigenvalue weighted by molar-refractivity contribution is -0.936. The van der Waals surface area contributed by atoms with Crippen molar-refractivity contribution in [2.45, 2.75) is 45.6 Å². The first-order chi connectivity index (χ1) is 10.3. The molecule has 1 aromatic carbocycles. The molecule has 1 aromatic rings. The fraction of sp³-hybridized carbons (Fsp3) is 0.556. The molecule has 118 valence electrons. The number of amides is 1. The molecule has 0 radical (unpaired) electrons. The average molecular weight is 300 g/mol. The van der Waals surface area contributed by atoms with Gasteiger partial charge < -0.3 is 9.80 Å². The fourth-order valence-electron chi connectivity index (χ4n) is 3.35. The highest BCUT2D eigenvalue weighted by Gasteiger charge is 2.56. The number of carbonyl (C=O) groups excluding carboxylic acids is 1. The molecule has 2 rings (SSSR count). The summed E-state index contributed by atoms with van der Waals surface area (Å²) in [7, 11) is 4.28. The molecular weight excluding hydrogens is 274 g/mol. The number of quaternary nitrogens is 1. The zero-order valence-corrected chi connectivity index (χ0v) is 14.3. The summed E-state index contributed by atoms with van der Waals surface area (Å²) < 4.78 is 0.719. The number of carbonyl (C=O) groups is 1. The van der Waals surface area contributed by atoms with E-state index in [1.54, 1.807) is 0 Å². The summed E-state index contributed by atoms with van der Waals surface area (Å²) in [6.45, 7) is 14.1. The molecule has 0 atom stereocenters. The van der Waals surface area contributed by atoms with Crippen LogP contribution in [0.4, 0.5) is 11.4 Å². The van der Waals surface area contributed by atoms with Crippen molar-refractivity contribution in [1.82, 2.24) is 0 Å². The molecule has 1 fully saturated rings. The first-order valence-electron chi connectivity index (χ1n) is 7.90. The Hall–Kier alpha value is -1.86. The Labute approximate surface area is 133 Å². The molecule has 0 bridgehead atoms. The van der Waals surface area contributed by atoms with Gasteiger partial charge in [0, 0.05) is 18.5 Å². The molecule has 1 aliphatic carbocycles. The Morgan fingerprint density at radius 2 is 1.86 bits per heavy atom. The molecule has 0 unspecified atom stereocenters. The van der Waals surface area contributed by atoms with E-state index in [1.807, 2.05) is 26.0 Å². The third kappa shape index (κ3) is 2.50. The predicted octanol–water partition coefficient (Wildman–Crippen LogP) is 3.81. The van der Waals surface area contributed by atoms with Gasteiger partial charge in [-0.1, -0.05) is 12.1 Å². The summed E-state index contributed by atoms with van der Waals surface area (Å²) in [6, 6.07) is 3.67. The largest absolute Gasteiger partial charge is 0.320 e. The molecule has 4 heteroatoms. The van der Waals surface area contributed by atoms with E-state index in [0.29, 0.717) is 5.69 Å². The second kappa shape index (κ2) is 5.73. The van der Waals surface area contributed by atoms with E-state index < -0.39 is 0 Å². The third-order valence-electron chi connectivity index (χ3n) is 5.44. The summed E-state index contributed by atoms with van der Waals surface area (Å²) in [5.41, 5.74) is 3.08. The van der Waals surface area contributed by atoms with Crippen molar-refractivity contribution in [2.24, 2.45) is 0 Å². The number of nitrogens with zero attached hydrogens (tertiary/aromatic N) is 2. The lowest BCUT2D eigenvalue weighted by Gasteiger charge is -2.52. The Kier molecular flexibility index (Phi) is 4.30. The van der Waals surface area contributed by atoms with Crippen molar-refractivity contribution in [3.8, 4) is 0 Å². The van der Waals surface area contributed by atoms with Crippen molar-refractivity contribution in [3.63, 3.8) is 0 Å². The summed E-state index contributed by atoms with van der Waals surface area (Å²) in [6.07, 6.45) is 3.00. The lowest BCUT2D eigenvalue weighted by atomic mass is 9.73. The lowest BCUT2D eigenvalue weighted by Crippen LogP contribution is -2.69. The number of hydrogen-bond donors (Lipinski definition) is 1. The molecule has 1 saturated carbocycles. The molecule has 1 amide bonds. The normalized spacial score (nSPS) is 16.5. The molecule has 1 aliphatic rings. The maximum Gasteiger partial charge on any atom is 0.285 e. The Balaban J connectivity index is 2.32. The van der Waals surface area contributed by atoms with Crippen molar-refractivity contribution >= 4 is 17.3 Å². The highest BCUT2D eigenvalue weighted by Crippen LogP contribution is 2.42. The van der Waals surface area contributed by atoms with Crippen molar-refractivity contribution < 1.29 is 9.28 Å². The molecule has 1 N–H and O–H groups in total. The second-order valence-electron chi connectivity index (χ2n) is 6.91. The van der Waals surface area contributed by atoms with E-state index in [9.17, 15) is 4.79 Å². The summed E-state index contributed by atoms with van der Waals surface area (Å²) in [4.78, 5) is 16.5. The molecule has 4 nitrogen and oxygen atoms in total. The number of benzene rings is 1. The van der Waals surface area contributed by atoms with Gasteiger partial charge in [0.2, 0.25) is 0 Å². The van der Waals surface area contributed by atoms with Crippen LogP contribution in [0.2, 0.25) is 0 Å². The average Bonchev–Trinajstić information content (AvgIpc) is 2.40. The van der Waals surface area contributed by atoms with Gasteiger partial charge in [-0.25, -0.2) is 4.85 Å². The van der Waals surface area contributed by atoms with Crippen LogP contribution in [0, 0.1) is 20.4 Å². The van der Waals surface area contributed by atoms with Gasteiger partial charge in [-0.3, -0.25) is 4.79 Å². The zero-order valence-electron chi connectivity index (χ0n) is 14.3. The Morgan fingerprint density at radius 3 is 2.23 bits per heavy atom. The number of nitrogens with one attached hydrogen (secondary N) is 1. The highest BCUT2D eigenvalue weighted by atomic mass is 16.2. The van der Waals surface area contributed by atoms with Crippen LogP contribution in [-0.2, 0) is 4.79 Å². The van der Waals surface area contributed by atoms with Crippen LogP contribution in [-0.4, -0.2) is 36.6 Å². The first kappa shape index (κ1) is 16.5. The molecule has 0 saturated heterocycles. The summed E-state index contributed by atoms with van der Waals surface area (Å²) in [5.74, 6) is 0.118. The zero-order chi connectivity index (χ0) is 16.5. The maximum absolute atomic E-state index is 13.0. The summed E-state index contributed by atoms with van der Waals surface area (Å²) >= 11 is 0. The monoisotopic (exact) mass is 300 g/mol. The van der Waals surface area contributed by atoms with E-state index in [1.165, 1.54) is 0 Å². The quantitative estimate of drug-likeness (QED) is 0.666. The van der Waals surface area contributed by atoms with Gasteiger partial charge in [0.1, 0.15) is 0 Å². The Bertz CT molecular complexity index is 613. The van der Waals surface area contributed by atoms with Gasteiger partial charge >= 0.3 is 0 Å². The number of hydrogen-bond acceptors (Lipinski definition) is 1. The van der Waals surface area contributed by atoms with Crippen molar-refractivity contribution in [1.29, 1.82) is 0 Å². The van der Waals surface area contributed by atoms with Gasteiger partial charge in [0.15, 0.2) is 11.2 Å². The maximum atomic E-state index is 13.0. The van der Waals surface area contributed by atoms with Crippen LogP contribution >= 0.6 is 0 Å². The summed E-state index contributed by atoms with van der Waals surface area (Å²) in [5, 5.41) is 3.16. The topological polar surface area (TPSA) is 33.5 Å². The molecule has 0 heterocycles. The minimum atomic E-state index is -0.313. The van der Waals surface area contributed by atoms with Gasteiger partial charge in [-0.15, -0.1) is 0 Å².